The number of hydrogen-bond acceptors (Lipinski definition) is 6. The number of pyridine rings is 1. The molecule has 8 nitrogen and oxygen atoms in total. The fourth-order valence-electron chi connectivity index (χ4n) is 1.82. The molecule has 1 fully saturated rings. The van der Waals surface area contributed by atoms with Crippen molar-refractivity contribution in [2.45, 2.75) is 13.3 Å². The van der Waals surface area contributed by atoms with E-state index < -0.39 is 15.7 Å². The van der Waals surface area contributed by atoms with Crippen molar-refractivity contribution in [2.24, 2.45) is 5.73 Å². The number of carbonyl (C=O) groups is 2. The Morgan fingerprint density at radius 3 is 2.42 bits per heavy atom. The lowest BCUT2D eigenvalue weighted by molar-refractivity contribution is -0.129. The topological polar surface area (TPSA) is 122 Å². The van der Waals surface area contributed by atoms with E-state index in [1.165, 1.54) is 11.1 Å². The first-order chi connectivity index (χ1) is 11.4. The SMILES string of the molecule is CCCN.O=C(NCC(=O)N1CCS(=O)(=O)CC1)c1ccccn1. The molecule has 1 aliphatic heterocycles. The first-order valence-electron chi connectivity index (χ1n) is 7.77. The summed E-state index contributed by atoms with van der Waals surface area (Å²) in [5, 5.41) is 2.47. The number of nitrogens with two attached hydrogens (primary N) is 1. The van der Waals surface area contributed by atoms with Crippen LogP contribution in [0.15, 0.2) is 24.4 Å². The van der Waals surface area contributed by atoms with E-state index in [-0.39, 0.29) is 42.7 Å². The van der Waals surface area contributed by atoms with Gasteiger partial charge in [0.25, 0.3) is 5.91 Å². The van der Waals surface area contributed by atoms with Gasteiger partial charge in [0, 0.05) is 19.3 Å². The second kappa shape index (κ2) is 9.99. The highest BCUT2D eigenvalue weighted by Crippen LogP contribution is 2.03. The summed E-state index contributed by atoms with van der Waals surface area (Å²) in [5.41, 5.74) is 5.27. The molecule has 2 amide bonds. The van der Waals surface area contributed by atoms with Crippen LogP contribution >= 0.6 is 0 Å². The van der Waals surface area contributed by atoms with Gasteiger partial charge < -0.3 is 16.0 Å². The molecule has 134 valence electrons. The lowest BCUT2D eigenvalue weighted by Crippen LogP contribution is -2.47. The van der Waals surface area contributed by atoms with Crippen LogP contribution in [0, 0.1) is 0 Å². The number of sulfone groups is 1. The summed E-state index contributed by atoms with van der Waals surface area (Å²) in [6.45, 7) is 3.08. The van der Waals surface area contributed by atoms with Gasteiger partial charge in [-0.15, -0.1) is 0 Å². The van der Waals surface area contributed by atoms with E-state index >= 15 is 0 Å². The number of rotatable bonds is 4. The van der Waals surface area contributed by atoms with Gasteiger partial charge in [-0.3, -0.25) is 14.6 Å². The predicted octanol–water partition coefficient (Wildman–Crippen LogP) is -0.576. The van der Waals surface area contributed by atoms with Crippen LogP contribution in [0.25, 0.3) is 0 Å². The number of nitrogens with zero attached hydrogens (tertiary/aromatic N) is 2. The molecule has 3 N–H and O–H groups in total. The summed E-state index contributed by atoms with van der Waals surface area (Å²) in [5.74, 6) is -0.757. The minimum atomic E-state index is -3.01. The van der Waals surface area contributed by atoms with Gasteiger partial charge in [-0.1, -0.05) is 13.0 Å². The molecule has 2 heterocycles. The van der Waals surface area contributed by atoms with Crippen LogP contribution in [0.3, 0.4) is 0 Å². The highest BCUT2D eigenvalue weighted by atomic mass is 32.2. The fourth-order valence-corrected chi connectivity index (χ4v) is 3.02. The second-order valence-corrected chi connectivity index (χ2v) is 7.52. The molecule has 1 aromatic rings. The summed E-state index contributed by atoms with van der Waals surface area (Å²) in [4.78, 5) is 28.9. The van der Waals surface area contributed by atoms with Crippen LogP contribution in [0.4, 0.5) is 0 Å². The summed E-state index contributed by atoms with van der Waals surface area (Å²) in [7, 11) is -3.01. The smallest absolute Gasteiger partial charge is 0.270 e. The van der Waals surface area contributed by atoms with Crippen molar-refractivity contribution in [2.75, 3.05) is 37.7 Å². The first-order valence-corrected chi connectivity index (χ1v) is 9.59. The molecule has 0 bridgehead atoms. The lowest BCUT2D eigenvalue weighted by Gasteiger charge is -2.26. The van der Waals surface area contributed by atoms with Crippen molar-refractivity contribution >= 4 is 21.7 Å². The number of carbonyl (C=O) groups excluding carboxylic acids is 2. The molecule has 0 aliphatic carbocycles. The van der Waals surface area contributed by atoms with Crippen LogP contribution in [0.2, 0.25) is 0 Å². The fraction of sp³-hybridized carbons (Fsp3) is 0.533. The quantitative estimate of drug-likeness (QED) is 0.744. The molecule has 1 aromatic heterocycles. The molecule has 1 aliphatic rings. The van der Waals surface area contributed by atoms with Gasteiger partial charge >= 0.3 is 0 Å². The monoisotopic (exact) mass is 356 g/mol. The third-order valence-corrected chi connectivity index (χ3v) is 4.89. The van der Waals surface area contributed by atoms with Crippen molar-refractivity contribution < 1.29 is 18.0 Å². The Labute approximate surface area is 142 Å². The van der Waals surface area contributed by atoms with E-state index in [1.54, 1.807) is 18.2 Å². The molecule has 1 saturated heterocycles. The highest BCUT2D eigenvalue weighted by molar-refractivity contribution is 7.91. The number of hydrogen-bond donors (Lipinski definition) is 2. The molecule has 2 rings (SSSR count). The van der Waals surface area contributed by atoms with Gasteiger partial charge in [0.15, 0.2) is 9.84 Å². The van der Waals surface area contributed by atoms with Gasteiger partial charge in [-0.2, -0.15) is 0 Å². The Kier molecular flexibility index (Phi) is 8.34. The van der Waals surface area contributed by atoms with E-state index in [0.29, 0.717) is 0 Å². The highest BCUT2D eigenvalue weighted by Gasteiger charge is 2.25. The van der Waals surface area contributed by atoms with Crippen LogP contribution in [0.5, 0.6) is 0 Å². The normalized spacial score (nSPS) is 15.8. The van der Waals surface area contributed by atoms with Crippen molar-refractivity contribution in [1.82, 2.24) is 15.2 Å². The Morgan fingerprint density at radius 2 is 1.92 bits per heavy atom. The standard InChI is InChI=1S/C12H15N3O4S.C3H9N/c16-11(15-5-7-20(18,19)8-6-15)9-14-12(17)10-3-1-2-4-13-10;1-2-3-4/h1-4H,5-9H2,(H,14,17);2-4H2,1H3. The number of nitrogens with one attached hydrogen (secondary N) is 1. The molecule has 24 heavy (non-hydrogen) atoms. The van der Waals surface area contributed by atoms with Gasteiger partial charge in [0.05, 0.1) is 18.1 Å². The van der Waals surface area contributed by atoms with Gasteiger partial charge in [0.1, 0.15) is 5.69 Å². The molecule has 9 heteroatoms. The molecular formula is C15H24N4O4S. The van der Waals surface area contributed by atoms with Crippen LogP contribution in [-0.4, -0.2) is 67.8 Å². The average Bonchev–Trinajstić information content (AvgIpc) is 2.60. The molecule has 0 atom stereocenters. The van der Waals surface area contributed by atoms with Crippen LogP contribution < -0.4 is 11.1 Å². The molecule has 0 saturated carbocycles. The van der Waals surface area contributed by atoms with Gasteiger partial charge in [0.2, 0.25) is 5.91 Å². The third-order valence-electron chi connectivity index (χ3n) is 3.28. The van der Waals surface area contributed by atoms with E-state index in [9.17, 15) is 18.0 Å². The summed E-state index contributed by atoms with van der Waals surface area (Å²) < 4.78 is 22.5. The molecule has 0 spiro atoms. The Balaban J connectivity index is 0.000000648. The Bertz CT molecular complexity index is 618. The van der Waals surface area contributed by atoms with Gasteiger partial charge in [-0.05, 0) is 25.1 Å². The zero-order valence-electron chi connectivity index (χ0n) is 13.8. The van der Waals surface area contributed by atoms with Gasteiger partial charge in [-0.25, -0.2) is 8.42 Å². The second-order valence-electron chi connectivity index (χ2n) is 5.22. The molecule has 0 unspecified atom stereocenters. The minimum Gasteiger partial charge on any atom is -0.342 e. The molecule has 0 radical (unpaired) electrons. The zero-order chi connectivity index (χ0) is 18.0. The van der Waals surface area contributed by atoms with E-state index in [2.05, 4.69) is 17.2 Å². The maximum Gasteiger partial charge on any atom is 0.270 e. The minimum absolute atomic E-state index is 0.0209. The Hall–Kier alpha value is -2.00. The predicted molar refractivity (Wildman–Crippen MR) is 91.1 cm³/mol. The summed E-state index contributed by atoms with van der Waals surface area (Å²) in [6, 6.07) is 4.92. The van der Waals surface area contributed by atoms with E-state index in [4.69, 9.17) is 5.73 Å². The largest absolute Gasteiger partial charge is 0.342 e. The first kappa shape index (κ1) is 20.0. The zero-order valence-corrected chi connectivity index (χ0v) is 14.6. The maximum absolute atomic E-state index is 11.8. The maximum atomic E-state index is 11.8. The van der Waals surface area contributed by atoms with Crippen LogP contribution in [0.1, 0.15) is 23.8 Å². The van der Waals surface area contributed by atoms with E-state index in [0.717, 1.165) is 13.0 Å². The van der Waals surface area contributed by atoms with Crippen molar-refractivity contribution in [3.8, 4) is 0 Å². The number of amides is 2. The van der Waals surface area contributed by atoms with Crippen molar-refractivity contribution in [1.29, 1.82) is 0 Å². The van der Waals surface area contributed by atoms with Crippen molar-refractivity contribution in [3.63, 3.8) is 0 Å². The Morgan fingerprint density at radius 1 is 1.29 bits per heavy atom. The molecule has 0 aromatic carbocycles. The van der Waals surface area contributed by atoms with E-state index in [1.807, 2.05) is 0 Å². The molecular weight excluding hydrogens is 332 g/mol. The number of aromatic nitrogens is 1. The summed E-state index contributed by atoms with van der Waals surface area (Å²) in [6.07, 6.45) is 2.59. The average molecular weight is 356 g/mol. The van der Waals surface area contributed by atoms with Crippen molar-refractivity contribution in [3.05, 3.63) is 30.1 Å². The van der Waals surface area contributed by atoms with Crippen LogP contribution in [-0.2, 0) is 14.6 Å². The third kappa shape index (κ3) is 7.05. The lowest BCUT2D eigenvalue weighted by atomic mass is 10.3. The summed E-state index contributed by atoms with van der Waals surface area (Å²) >= 11 is 0.